The van der Waals surface area contributed by atoms with Crippen LogP contribution in [0.5, 0.6) is 0 Å². The van der Waals surface area contributed by atoms with Gasteiger partial charge in [0, 0.05) is 25.7 Å². The van der Waals surface area contributed by atoms with Crippen LogP contribution in [-0.2, 0) is 65.4 Å². The van der Waals surface area contributed by atoms with Crippen LogP contribution in [0.3, 0.4) is 0 Å². The number of phosphoric acid groups is 2. The van der Waals surface area contributed by atoms with Crippen molar-refractivity contribution in [2.45, 2.75) is 316 Å². The highest BCUT2D eigenvalue weighted by atomic mass is 31.2. The molecule has 0 aliphatic carbocycles. The molecular weight excluding hydrogens is 1040 g/mol. The molecule has 0 saturated carbocycles. The molecule has 0 bridgehead atoms. The number of aliphatic hydroxyl groups is 1. The first-order valence-electron chi connectivity index (χ1n) is 31.3. The van der Waals surface area contributed by atoms with Crippen molar-refractivity contribution in [1.29, 1.82) is 0 Å². The molecule has 3 N–H and O–H groups in total. The Hall–Kier alpha value is -1.94. The number of rotatable bonds is 60. The highest BCUT2D eigenvalue weighted by Crippen LogP contribution is 2.45. The maximum Gasteiger partial charge on any atom is 0.472 e. The van der Waals surface area contributed by atoms with Crippen molar-refractivity contribution < 1.29 is 80.2 Å². The summed E-state index contributed by atoms with van der Waals surface area (Å²) in [6.07, 6.45) is 38.3. The molecule has 17 nitrogen and oxygen atoms in total. The third-order valence-corrected chi connectivity index (χ3v) is 15.5. The highest BCUT2D eigenvalue weighted by Gasteiger charge is 2.30. The molecule has 0 aromatic heterocycles. The van der Waals surface area contributed by atoms with E-state index in [1.165, 1.54) is 122 Å². The minimum absolute atomic E-state index is 0.0991. The molecule has 0 heterocycles. The summed E-state index contributed by atoms with van der Waals surface area (Å²) in [5.41, 5.74) is 0. The van der Waals surface area contributed by atoms with Crippen molar-refractivity contribution in [2.24, 2.45) is 0 Å². The smallest absolute Gasteiger partial charge is 0.462 e. The SMILES string of the molecule is CCCCCCCCCCCCCCCCCCC(=O)O[C@H](COC(=O)CCCCCCCCCCCCCC)COP(=O)(O)OC[C@@H](O)COP(=O)(O)OC[C@@H](COC(=O)CCCCCCC)OC(=O)CCCCCCC. The summed E-state index contributed by atoms with van der Waals surface area (Å²) in [5, 5.41) is 10.5. The zero-order chi connectivity index (χ0) is 57.6. The molecule has 0 aliphatic heterocycles. The lowest BCUT2D eigenvalue weighted by Crippen LogP contribution is -2.30. The highest BCUT2D eigenvalue weighted by molar-refractivity contribution is 7.47. The van der Waals surface area contributed by atoms with Gasteiger partial charge in [-0.2, -0.15) is 0 Å². The van der Waals surface area contributed by atoms with Crippen molar-refractivity contribution >= 4 is 39.5 Å². The molecule has 462 valence electrons. The first-order chi connectivity index (χ1) is 37.7. The average molecular weight is 1160 g/mol. The van der Waals surface area contributed by atoms with Gasteiger partial charge in [-0.25, -0.2) is 9.13 Å². The van der Waals surface area contributed by atoms with Crippen LogP contribution in [0.25, 0.3) is 0 Å². The summed E-state index contributed by atoms with van der Waals surface area (Å²) in [6.45, 7) is 4.68. The van der Waals surface area contributed by atoms with E-state index in [0.29, 0.717) is 25.7 Å². The molecule has 0 radical (unpaired) electrons. The molecule has 0 amide bonds. The Labute approximate surface area is 473 Å². The minimum Gasteiger partial charge on any atom is -0.462 e. The number of phosphoric ester groups is 2. The van der Waals surface area contributed by atoms with Crippen LogP contribution >= 0.6 is 15.6 Å². The molecule has 0 aliphatic rings. The maximum absolute atomic E-state index is 12.9. The van der Waals surface area contributed by atoms with E-state index in [9.17, 15) is 43.2 Å². The van der Waals surface area contributed by atoms with Crippen LogP contribution in [0.15, 0.2) is 0 Å². The molecule has 5 atom stereocenters. The molecule has 0 spiro atoms. The van der Waals surface area contributed by atoms with E-state index in [1.807, 2.05) is 0 Å². The number of esters is 4. The number of carbonyl (C=O) groups is 4. The van der Waals surface area contributed by atoms with E-state index in [1.54, 1.807) is 0 Å². The Kier molecular flexibility index (Phi) is 53.0. The van der Waals surface area contributed by atoms with E-state index in [-0.39, 0.29) is 25.7 Å². The van der Waals surface area contributed by atoms with Crippen molar-refractivity contribution in [1.82, 2.24) is 0 Å². The lowest BCUT2D eigenvalue weighted by Gasteiger charge is -2.21. The van der Waals surface area contributed by atoms with Gasteiger partial charge in [-0.1, -0.05) is 246 Å². The Morgan fingerprint density at radius 2 is 0.513 bits per heavy atom. The van der Waals surface area contributed by atoms with Gasteiger partial charge in [0.25, 0.3) is 0 Å². The van der Waals surface area contributed by atoms with Gasteiger partial charge in [-0.3, -0.25) is 37.3 Å². The Morgan fingerprint density at radius 3 is 0.756 bits per heavy atom. The normalized spacial score (nSPS) is 14.3. The molecule has 2 unspecified atom stereocenters. The van der Waals surface area contributed by atoms with Crippen molar-refractivity contribution in [3.63, 3.8) is 0 Å². The maximum atomic E-state index is 12.9. The molecule has 0 saturated heterocycles. The Balaban J connectivity index is 5.11. The lowest BCUT2D eigenvalue weighted by molar-refractivity contribution is -0.161. The predicted octanol–water partition coefficient (Wildman–Crippen LogP) is 16.0. The topological polar surface area (TPSA) is 237 Å². The number of carbonyl (C=O) groups excluding carboxylic acids is 4. The van der Waals surface area contributed by atoms with Gasteiger partial charge < -0.3 is 33.8 Å². The second kappa shape index (κ2) is 54.3. The standard InChI is InChI=1S/C59H114O17P2/c1-5-9-13-17-19-21-23-25-26-27-28-30-32-34-38-42-46-59(64)76-55(50-70-57(62)44-40-37-33-31-29-24-22-20-18-14-10-6-2)52-74-78(67,68)72-48-53(60)47-71-77(65,66)73-51-54(75-58(63)45-41-36-16-12-8-4)49-69-56(61)43-39-35-15-11-7-3/h53-55,60H,5-52H2,1-4H3,(H,65,66)(H,67,68)/t53-,54+,55+/m0/s1. The quantitative estimate of drug-likeness (QED) is 0.0222. The van der Waals surface area contributed by atoms with E-state index < -0.39 is 97.5 Å². The van der Waals surface area contributed by atoms with Crippen LogP contribution in [0.2, 0.25) is 0 Å². The van der Waals surface area contributed by atoms with Gasteiger partial charge in [0.1, 0.15) is 19.3 Å². The van der Waals surface area contributed by atoms with Gasteiger partial charge in [-0.15, -0.1) is 0 Å². The van der Waals surface area contributed by atoms with Gasteiger partial charge in [0.2, 0.25) is 0 Å². The zero-order valence-corrected chi connectivity index (χ0v) is 51.4. The molecule has 0 aromatic carbocycles. The van der Waals surface area contributed by atoms with E-state index in [4.69, 9.17) is 37.0 Å². The Morgan fingerprint density at radius 1 is 0.308 bits per heavy atom. The number of ether oxygens (including phenoxy) is 4. The molecule has 0 fully saturated rings. The van der Waals surface area contributed by atoms with Crippen LogP contribution in [0.4, 0.5) is 0 Å². The van der Waals surface area contributed by atoms with Crippen molar-refractivity contribution in [2.75, 3.05) is 39.6 Å². The van der Waals surface area contributed by atoms with Gasteiger partial charge in [0.05, 0.1) is 26.4 Å². The monoisotopic (exact) mass is 1160 g/mol. The molecular formula is C59H114O17P2. The fourth-order valence-corrected chi connectivity index (χ4v) is 10.3. The Bertz CT molecular complexity index is 1520. The molecule has 19 heteroatoms. The van der Waals surface area contributed by atoms with Gasteiger partial charge in [-0.05, 0) is 25.7 Å². The number of unbranched alkanes of at least 4 members (excludes halogenated alkanes) is 34. The first kappa shape index (κ1) is 76.1. The minimum atomic E-state index is -4.94. The van der Waals surface area contributed by atoms with Crippen LogP contribution in [0.1, 0.15) is 297 Å². The summed E-state index contributed by atoms with van der Waals surface area (Å²) in [6, 6.07) is 0. The molecule has 78 heavy (non-hydrogen) atoms. The van der Waals surface area contributed by atoms with Crippen molar-refractivity contribution in [3.05, 3.63) is 0 Å². The fraction of sp³-hybridized carbons (Fsp3) is 0.932. The first-order valence-corrected chi connectivity index (χ1v) is 34.3. The average Bonchev–Trinajstić information content (AvgIpc) is 3.41. The predicted molar refractivity (Wildman–Crippen MR) is 308 cm³/mol. The summed E-state index contributed by atoms with van der Waals surface area (Å²) >= 11 is 0. The van der Waals surface area contributed by atoms with Crippen LogP contribution in [0, 0.1) is 0 Å². The number of hydrogen-bond acceptors (Lipinski definition) is 15. The van der Waals surface area contributed by atoms with Crippen LogP contribution < -0.4 is 0 Å². The molecule has 0 aromatic rings. The van der Waals surface area contributed by atoms with E-state index in [2.05, 4.69) is 27.7 Å². The zero-order valence-electron chi connectivity index (χ0n) is 49.6. The van der Waals surface area contributed by atoms with Gasteiger partial charge >= 0.3 is 39.5 Å². The second-order valence-corrected chi connectivity index (χ2v) is 24.3. The summed E-state index contributed by atoms with van der Waals surface area (Å²) in [5.74, 6) is -2.16. The second-order valence-electron chi connectivity index (χ2n) is 21.4. The van der Waals surface area contributed by atoms with E-state index in [0.717, 1.165) is 96.3 Å². The van der Waals surface area contributed by atoms with Crippen LogP contribution in [-0.4, -0.2) is 96.7 Å². The van der Waals surface area contributed by atoms with Crippen molar-refractivity contribution in [3.8, 4) is 0 Å². The largest absolute Gasteiger partial charge is 0.472 e. The fourth-order valence-electron chi connectivity index (χ4n) is 8.75. The third-order valence-electron chi connectivity index (χ3n) is 13.6. The number of aliphatic hydroxyl groups excluding tert-OH is 1. The lowest BCUT2D eigenvalue weighted by atomic mass is 10.0. The van der Waals surface area contributed by atoms with E-state index >= 15 is 0 Å². The van der Waals surface area contributed by atoms with Gasteiger partial charge in [0.15, 0.2) is 12.2 Å². The summed E-state index contributed by atoms with van der Waals surface area (Å²) in [7, 11) is -9.86. The molecule has 0 rings (SSSR count). The third kappa shape index (κ3) is 53.4. The summed E-state index contributed by atoms with van der Waals surface area (Å²) < 4.78 is 67.4. The summed E-state index contributed by atoms with van der Waals surface area (Å²) in [4.78, 5) is 71.5. The number of hydrogen-bond donors (Lipinski definition) is 3.